The molecular formula is C34H32Cl2F3N3O4S. The van der Waals surface area contributed by atoms with Crippen LogP contribution in [0.15, 0.2) is 108 Å². The summed E-state index contributed by atoms with van der Waals surface area (Å²) in [6.07, 6.45) is -4.83. The van der Waals surface area contributed by atoms with E-state index in [0.29, 0.717) is 21.0 Å². The minimum Gasteiger partial charge on any atom is -0.352 e. The van der Waals surface area contributed by atoms with E-state index in [-0.39, 0.29) is 23.9 Å². The van der Waals surface area contributed by atoms with E-state index in [9.17, 15) is 31.2 Å². The van der Waals surface area contributed by atoms with Crippen LogP contribution in [0.5, 0.6) is 0 Å². The SMILES string of the molecule is CC(C)NC(=O)[C@@H](Cc1ccccc1)N(Cc1ccc(Cl)cc1)C(=O)CN(c1ccc(Cl)c(C(F)(F)F)c1)S(=O)(=O)c1ccccc1. The first kappa shape index (κ1) is 35.8. The van der Waals surface area contributed by atoms with Gasteiger partial charge in [0, 0.05) is 24.0 Å². The second-order valence-corrected chi connectivity index (χ2v) is 13.7. The van der Waals surface area contributed by atoms with Gasteiger partial charge in [0.1, 0.15) is 12.6 Å². The maximum absolute atomic E-state index is 14.4. The van der Waals surface area contributed by atoms with E-state index >= 15 is 0 Å². The molecular weight excluding hydrogens is 674 g/mol. The summed E-state index contributed by atoms with van der Waals surface area (Å²) in [6.45, 7) is 2.46. The number of anilines is 1. The van der Waals surface area contributed by atoms with Gasteiger partial charge < -0.3 is 10.2 Å². The Balaban J connectivity index is 1.85. The van der Waals surface area contributed by atoms with Crippen LogP contribution in [0.2, 0.25) is 10.0 Å². The summed E-state index contributed by atoms with van der Waals surface area (Å²) < 4.78 is 70.3. The fourth-order valence-corrected chi connectivity index (χ4v) is 6.63. The van der Waals surface area contributed by atoms with Crippen LogP contribution in [-0.4, -0.2) is 43.8 Å². The number of halogens is 5. The number of nitrogens with zero attached hydrogens (tertiary/aromatic N) is 2. The van der Waals surface area contributed by atoms with E-state index in [1.165, 1.54) is 29.2 Å². The molecule has 13 heteroatoms. The van der Waals surface area contributed by atoms with E-state index in [0.717, 1.165) is 17.7 Å². The molecule has 0 unspecified atom stereocenters. The van der Waals surface area contributed by atoms with Crippen LogP contribution >= 0.6 is 23.2 Å². The molecule has 4 aromatic carbocycles. The molecule has 0 fully saturated rings. The Labute approximate surface area is 282 Å². The largest absolute Gasteiger partial charge is 0.417 e. The number of hydrogen-bond acceptors (Lipinski definition) is 4. The molecule has 0 heterocycles. The number of alkyl halides is 3. The van der Waals surface area contributed by atoms with Crippen molar-refractivity contribution in [1.29, 1.82) is 0 Å². The first-order valence-corrected chi connectivity index (χ1v) is 16.7. The molecule has 1 N–H and O–H groups in total. The molecule has 47 heavy (non-hydrogen) atoms. The maximum atomic E-state index is 14.4. The van der Waals surface area contributed by atoms with Gasteiger partial charge in [-0.05, 0) is 67.4 Å². The number of carbonyl (C=O) groups excluding carboxylic acids is 2. The van der Waals surface area contributed by atoms with Crippen LogP contribution in [0.4, 0.5) is 18.9 Å². The summed E-state index contributed by atoms with van der Waals surface area (Å²) in [7, 11) is -4.60. The van der Waals surface area contributed by atoms with Crippen LogP contribution < -0.4 is 9.62 Å². The van der Waals surface area contributed by atoms with E-state index in [1.54, 1.807) is 74.5 Å². The van der Waals surface area contributed by atoms with Crippen molar-refractivity contribution in [2.24, 2.45) is 0 Å². The summed E-state index contributed by atoms with van der Waals surface area (Å²) in [5, 5.41) is 2.64. The van der Waals surface area contributed by atoms with Gasteiger partial charge in [-0.2, -0.15) is 13.2 Å². The third-order valence-electron chi connectivity index (χ3n) is 7.12. The average Bonchev–Trinajstić information content (AvgIpc) is 3.02. The number of hydrogen-bond donors (Lipinski definition) is 1. The van der Waals surface area contributed by atoms with Gasteiger partial charge in [-0.15, -0.1) is 0 Å². The predicted octanol–water partition coefficient (Wildman–Crippen LogP) is 7.37. The van der Waals surface area contributed by atoms with Crippen molar-refractivity contribution >= 4 is 50.7 Å². The zero-order valence-corrected chi connectivity index (χ0v) is 27.7. The normalized spacial score (nSPS) is 12.4. The lowest BCUT2D eigenvalue weighted by molar-refractivity contribution is -0.140. The molecule has 0 spiro atoms. The molecule has 4 rings (SSSR count). The molecule has 0 aliphatic rings. The highest BCUT2D eigenvalue weighted by Crippen LogP contribution is 2.38. The van der Waals surface area contributed by atoms with Crippen LogP contribution in [0.25, 0.3) is 0 Å². The van der Waals surface area contributed by atoms with E-state index in [2.05, 4.69) is 5.32 Å². The van der Waals surface area contributed by atoms with Crippen molar-refractivity contribution in [2.45, 2.75) is 50.0 Å². The topological polar surface area (TPSA) is 86.8 Å². The van der Waals surface area contributed by atoms with Crippen LogP contribution in [-0.2, 0) is 38.8 Å². The minimum absolute atomic E-state index is 0.0727. The number of sulfonamides is 1. The van der Waals surface area contributed by atoms with Crippen LogP contribution in [0.3, 0.4) is 0 Å². The van der Waals surface area contributed by atoms with Gasteiger partial charge in [-0.3, -0.25) is 13.9 Å². The molecule has 0 aliphatic carbocycles. The lowest BCUT2D eigenvalue weighted by Gasteiger charge is -2.34. The molecule has 2 amide bonds. The van der Waals surface area contributed by atoms with Gasteiger partial charge in [0.25, 0.3) is 10.0 Å². The van der Waals surface area contributed by atoms with Gasteiger partial charge in [0.05, 0.1) is 21.2 Å². The Bertz CT molecular complexity index is 1790. The number of rotatable bonds is 12. The van der Waals surface area contributed by atoms with Crippen molar-refractivity contribution in [2.75, 3.05) is 10.8 Å². The summed E-state index contributed by atoms with van der Waals surface area (Å²) in [6, 6.07) is 23.7. The van der Waals surface area contributed by atoms with Crippen LogP contribution in [0, 0.1) is 0 Å². The Morgan fingerprint density at radius 3 is 2.00 bits per heavy atom. The molecule has 0 radical (unpaired) electrons. The van der Waals surface area contributed by atoms with Crippen molar-refractivity contribution in [1.82, 2.24) is 10.2 Å². The third kappa shape index (κ3) is 9.27. The summed E-state index contributed by atoms with van der Waals surface area (Å²) in [4.78, 5) is 29.1. The van der Waals surface area contributed by atoms with Crippen molar-refractivity contribution in [3.8, 4) is 0 Å². The van der Waals surface area contributed by atoms with Gasteiger partial charge in [-0.25, -0.2) is 8.42 Å². The van der Waals surface area contributed by atoms with Crippen molar-refractivity contribution in [3.05, 3.63) is 130 Å². The first-order valence-electron chi connectivity index (χ1n) is 14.5. The molecule has 0 saturated carbocycles. The van der Waals surface area contributed by atoms with Crippen molar-refractivity contribution < 1.29 is 31.2 Å². The number of carbonyl (C=O) groups is 2. The van der Waals surface area contributed by atoms with E-state index in [1.807, 2.05) is 0 Å². The molecule has 0 bridgehead atoms. The van der Waals surface area contributed by atoms with Gasteiger partial charge in [0.2, 0.25) is 11.8 Å². The number of nitrogens with one attached hydrogen (secondary N) is 1. The number of amides is 2. The lowest BCUT2D eigenvalue weighted by atomic mass is 10.0. The highest BCUT2D eigenvalue weighted by atomic mass is 35.5. The number of benzene rings is 4. The first-order chi connectivity index (χ1) is 22.2. The maximum Gasteiger partial charge on any atom is 0.417 e. The smallest absolute Gasteiger partial charge is 0.352 e. The lowest BCUT2D eigenvalue weighted by Crippen LogP contribution is -2.54. The van der Waals surface area contributed by atoms with E-state index in [4.69, 9.17) is 23.2 Å². The Morgan fingerprint density at radius 2 is 1.43 bits per heavy atom. The van der Waals surface area contributed by atoms with Gasteiger partial charge in [-0.1, -0.05) is 83.9 Å². The molecule has 0 aliphatic heterocycles. The average molecular weight is 707 g/mol. The monoisotopic (exact) mass is 705 g/mol. The molecule has 1 atom stereocenters. The highest BCUT2D eigenvalue weighted by molar-refractivity contribution is 7.92. The quantitative estimate of drug-likeness (QED) is 0.167. The van der Waals surface area contributed by atoms with Gasteiger partial charge >= 0.3 is 6.18 Å². The summed E-state index contributed by atoms with van der Waals surface area (Å²) in [5.74, 6) is -1.32. The fourth-order valence-electron chi connectivity index (χ4n) is 4.86. The molecule has 248 valence electrons. The Kier molecular flexibility index (Phi) is 11.6. The standard InChI is InChI=1S/C34H32Cl2F3N3O4S/c1-23(2)40-33(44)31(19-24-9-5-3-6-10-24)41(21-25-13-15-26(35)16-14-25)32(43)22-42(47(45,46)28-11-7-4-8-12-28)27-17-18-30(36)29(20-27)34(37,38)39/h3-18,20,23,31H,19,21-22H2,1-2H3,(H,40,44)/t31-/m1/s1. The molecule has 0 aromatic heterocycles. The molecule has 0 saturated heterocycles. The fraction of sp³-hybridized carbons (Fsp3) is 0.235. The van der Waals surface area contributed by atoms with Crippen LogP contribution in [0.1, 0.15) is 30.5 Å². The third-order valence-corrected chi connectivity index (χ3v) is 9.49. The second kappa shape index (κ2) is 15.2. The predicted molar refractivity (Wildman–Crippen MR) is 177 cm³/mol. The molecule has 7 nitrogen and oxygen atoms in total. The zero-order valence-electron chi connectivity index (χ0n) is 25.4. The second-order valence-electron chi connectivity index (χ2n) is 11.0. The van der Waals surface area contributed by atoms with E-state index < -0.39 is 56.9 Å². The molecule has 4 aromatic rings. The Morgan fingerprint density at radius 1 is 0.830 bits per heavy atom. The van der Waals surface area contributed by atoms with Crippen molar-refractivity contribution in [3.63, 3.8) is 0 Å². The summed E-state index contributed by atoms with van der Waals surface area (Å²) >= 11 is 11.9. The van der Waals surface area contributed by atoms with Gasteiger partial charge in [0.15, 0.2) is 0 Å². The highest BCUT2D eigenvalue weighted by Gasteiger charge is 2.37. The minimum atomic E-state index is -4.91. The Hall–Kier alpha value is -4.06. The summed E-state index contributed by atoms with van der Waals surface area (Å²) in [5.41, 5.74) is -0.390. The zero-order chi connectivity index (χ0) is 34.4.